The maximum atomic E-state index is 14.7. The van der Waals surface area contributed by atoms with Crippen LogP contribution in [-0.2, 0) is 30.3 Å². The summed E-state index contributed by atoms with van der Waals surface area (Å²) in [6, 6.07) is 58.0. The number of carboxylic acids is 1. The molecule has 6 aromatic carbocycles. The predicted octanol–water partition coefficient (Wildman–Crippen LogP) is 14.7. The highest BCUT2D eigenvalue weighted by Crippen LogP contribution is 2.37. The number of furan rings is 2. The molecule has 8 aromatic heterocycles. The number of hydrogen-bond donors (Lipinski definition) is 5. The summed E-state index contributed by atoms with van der Waals surface area (Å²) in [5, 5.41) is 41.7. The second-order valence-electron chi connectivity index (χ2n) is 38.8. The van der Waals surface area contributed by atoms with Gasteiger partial charge in [-0.05, 0) is 282 Å². The fraction of sp³-hybridized carbons (Fsp3) is 0.464. The van der Waals surface area contributed by atoms with Crippen molar-refractivity contribution in [3.8, 4) is 46.2 Å². The van der Waals surface area contributed by atoms with Crippen molar-refractivity contribution >= 4 is 103 Å². The summed E-state index contributed by atoms with van der Waals surface area (Å²) in [5.74, 6) is 5.00. The van der Waals surface area contributed by atoms with Gasteiger partial charge in [-0.1, -0.05) is 75.5 Å². The van der Waals surface area contributed by atoms with E-state index in [9.17, 15) is 29.4 Å². The molecular formula is C112H149ClN26O11. The van der Waals surface area contributed by atoms with Crippen LogP contribution in [0.4, 0.5) is 34.6 Å². The van der Waals surface area contributed by atoms with Crippen LogP contribution in [0.5, 0.6) is 23.0 Å². The van der Waals surface area contributed by atoms with Gasteiger partial charge in [-0.3, -0.25) is 14.4 Å². The summed E-state index contributed by atoms with van der Waals surface area (Å²) in [6.45, 7) is 37.3. The Labute approximate surface area is 884 Å². The van der Waals surface area contributed by atoms with E-state index >= 15 is 0 Å². The number of carbonyl (C=O) groups excluding carboxylic acids is 3. The number of ether oxygens (including phenoxy) is 3. The molecule has 2 unspecified atom stereocenters. The summed E-state index contributed by atoms with van der Waals surface area (Å²) in [5.41, 5.74) is 17.5. The minimum Gasteiger partial charge on any atom is -0.508 e. The largest absolute Gasteiger partial charge is 0.508 e. The highest BCUT2D eigenvalue weighted by atomic mass is 35.5. The van der Waals surface area contributed by atoms with E-state index in [1.807, 2.05) is 82.3 Å². The van der Waals surface area contributed by atoms with Crippen LogP contribution in [0, 0.1) is 0 Å². The Balaban J connectivity index is 0.000000144. The number of carboxylic acid groups (broad SMARTS) is 1. The van der Waals surface area contributed by atoms with Crippen LogP contribution in [0.1, 0.15) is 131 Å². The third-order valence-electron chi connectivity index (χ3n) is 28.9. The molecule has 0 bridgehead atoms. The fourth-order valence-corrected chi connectivity index (χ4v) is 20.4. The molecule has 800 valence electrons. The number of phenols is 1. The number of aromatic nitrogens is 12. The first-order chi connectivity index (χ1) is 72.2. The molecule has 14 aromatic rings. The Morgan fingerprint density at radius 1 is 0.393 bits per heavy atom. The zero-order chi connectivity index (χ0) is 103. The summed E-state index contributed by atoms with van der Waals surface area (Å²) in [6.07, 6.45) is 21.5. The SMILES string of the molecule is C.C.CC(=O)N1CCN(c2ccc(O)cc2)CC1.CC(=O)N1CCN(c2ccc(OCCCN3CCCC3)cc2)CC1.CC(C(=O)N1CCN(c2ccc(OCCCN3CCCC3)cc2)CC1)(c1ccccc1)n1ncc2c1nc(N)n1nc(-c3ccco3)nc21.CC(C(=O)O)(c1ccccc1)n1ncc2c1nc(N)n1nc(-c3ccco3)nc21.ClCCCN1CCCC1.c1cc(N2CCNCC2)ccc1OCCCN1CCCC1. The number of fused-ring (bicyclic) bond motifs is 6. The molecule has 7 N–H and O–H groups in total. The van der Waals surface area contributed by atoms with E-state index in [0.717, 1.165) is 177 Å². The highest BCUT2D eigenvalue weighted by Gasteiger charge is 2.45. The Morgan fingerprint density at radius 2 is 0.720 bits per heavy atom. The van der Waals surface area contributed by atoms with Crippen LogP contribution in [0.15, 0.2) is 216 Å². The third kappa shape index (κ3) is 27.6. The highest BCUT2D eigenvalue weighted by molar-refractivity contribution is 6.17. The van der Waals surface area contributed by atoms with Crippen molar-refractivity contribution in [3.05, 3.63) is 218 Å². The lowest BCUT2D eigenvalue weighted by Gasteiger charge is -2.40. The molecule has 8 aliphatic heterocycles. The number of nitrogens with zero attached hydrogens (tertiary/aromatic N) is 23. The molecule has 37 nitrogen and oxygen atoms in total. The molecule has 0 aliphatic carbocycles. The Morgan fingerprint density at radius 3 is 1.05 bits per heavy atom. The van der Waals surface area contributed by atoms with Gasteiger partial charge in [0.25, 0.3) is 5.91 Å². The number of nitrogens with two attached hydrogens (primary N) is 2. The van der Waals surface area contributed by atoms with Crippen molar-refractivity contribution in [2.45, 2.75) is 131 Å². The maximum Gasteiger partial charge on any atom is 0.336 e. The summed E-state index contributed by atoms with van der Waals surface area (Å²) >= 11 is 5.55. The van der Waals surface area contributed by atoms with E-state index in [0.29, 0.717) is 88.3 Å². The number of anilines is 6. The molecular weight excluding hydrogens is 1920 g/mol. The molecule has 3 amide bonds. The Hall–Kier alpha value is -14.1. The number of nitrogen functional groups attached to an aromatic ring is 2. The maximum absolute atomic E-state index is 14.7. The van der Waals surface area contributed by atoms with Crippen LogP contribution in [0.3, 0.4) is 0 Å². The second-order valence-corrected chi connectivity index (χ2v) is 39.2. The number of amides is 3. The van der Waals surface area contributed by atoms with E-state index in [1.54, 1.807) is 98.6 Å². The van der Waals surface area contributed by atoms with Crippen LogP contribution in [0.25, 0.3) is 56.5 Å². The number of phenolic OH excluding ortho intramolecular Hbond substituents is 1. The zero-order valence-corrected chi connectivity index (χ0v) is 86.4. The van der Waals surface area contributed by atoms with Crippen molar-refractivity contribution in [3.63, 3.8) is 0 Å². The standard InChI is InChI=1S/C36H40N10O3.C19H15N7O3.C19H29N3O2.C17H27N3O.C12H16N2O2.C7H14ClN.2CH4/c1-36(26-9-3-2-4-10-26,46-33-29(25-38-46)32-39-31(30-11-7-23-49-30)41-45(32)35(37)40-33)34(47)44-21-19-43(20-22-44)27-12-14-28(15-13-27)48-24-8-18-42-16-5-6-17-42;1-19(17(27)28,11-6-3-2-4-7-11)26-16-12(10-21-26)15-22-14(13-8-5-9-29-13)24-25(15)18(20)23-16;1-17(23)21-12-14-22(15-13-21)18-5-7-19(8-6-18)24-16-4-11-20-9-2-3-10-20;1-2-11-19(10-1)12-3-15-21-17-6-4-16(5-7-17)20-13-8-18-9-14-20;1-10(15)13-6-8-14(9-7-13)11-2-4-12(16)5-3-11;8-4-3-7-9-5-1-2-6-9;;/h2-4,7,9-15,23,25H,5-6,8,16-22,24H2,1H3,(H2,37,40);2-10H,1H3,(H2,20,23)(H,27,28);5-8H,2-4,9-16H2,1H3;4-7,18H,1-3,8-15H2;2-5,16H,6-9H2,1H3;1-7H2;2*1H4. The van der Waals surface area contributed by atoms with Gasteiger partial charge in [-0.25, -0.2) is 24.1 Å². The van der Waals surface area contributed by atoms with Crippen molar-refractivity contribution in [2.75, 3.05) is 240 Å². The smallest absolute Gasteiger partial charge is 0.336 e. The molecule has 0 saturated carbocycles. The number of nitrogens with one attached hydrogen (secondary N) is 1. The monoisotopic (exact) mass is 2070 g/mol. The number of aliphatic carboxylic acids is 1. The van der Waals surface area contributed by atoms with Gasteiger partial charge in [0, 0.05) is 167 Å². The molecule has 8 aliphatic rings. The number of carbonyl (C=O) groups is 4. The number of aromatic hydroxyl groups is 1. The number of benzene rings is 6. The lowest BCUT2D eigenvalue weighted by Crippen LogP contribution is -2.56. The molecule has 0 spiro atoms. The average Bonchev–Trinajstić information content (AvgIpc) is 1.57. The Bertz CT molecular complexity index is 6510. The van der Waals surface area contributed by atoms with Crippen molar-refractivity contribution in [1.29, 1.82) is 0 Å². The van der Waals surface area contributed by atoms with Gasteiger partial charge in [0.2, 0.25) is 35.4 Å². The number of alkyl halides is 1. The van der Waals surface area contributed by atoms with Crippen LogP contribution < -0.4 is 50.6 Å². The normalized spacial score (nSPS) is 17.0. The number of rotatable bonds is 30. The Kier molecular flexibility index (Phi) is 39.1. The van der Waals surface area contributed by atoms with Gasteiger partial charge in [-0.15, -0.1) is 21.8 Å². The zero-order valence-electron chi connectivity index (χ0n) is 85.6. The third-order valence-corrected chi connectivity index (χ3v) is 29.2. The minimum absolute atomic E-state index is 0. The first-order valence-electron chi connectivity index (χ1n) is 52.4. The fourth-order valence-electron chi connectivity index (χ4n) is 20.3. The van der Waals surface area contributed by atoms with Crippen molar-refractivity contribution in [2.24, 2.45) is 0 Å². The topological polar surface area (TPSA) is 384 Å². The van der Waals surface area contributed by atoms with Crippen LogP contribution >= 0.6 is 11.6 Å². The summed E-state index contributed by atoms with van der Waals surface area (Å²) in [4.78, 5) is 92.8. The number of halogens is 1. The number of hydrogen-bond acceptors (Lipinski definition) is 29. The number of likely N-dealkylation sites (tertiary alicyclic amines) is 4. The van der Waals surface area contributed by atoms with E-state index in [2.05, 4.69) is 130 Å². The molecule has 150 heavy (non-hydrogen) atoms. The number of piperazine rings is 4. The van der Waals surface area contributed by atoms with Gasteiger partial charge in [-0.2, -0.15) is 29.2 Å². The van der Waals surface area contributed by atoms with Crippen molar-refractivity contribution in [1.82, 2.24) is 98.3 Å². The van der Waals surface area contributed by atoms with E-state index in [4.69, 9.17) is 61.2 Å². The van der Waals surface area contributed by atoms with E-state index in [-0.39, 0.29) is 50.2 Å². The van der Waals surface area contributed by atoms with Gasteiger partial charge >= 0.3 is 5.97 Å². The van der Waals surface area contributed by atoms with E-state index < -0.39 is 17.0 Å². The first kappa shape index (κ1) is 110. The molecule has 2 atom stereocenters. The van der Waals surface area contributed by atoms with Crippen LogP contribution in [-0.4, -0.2) is 336 Å². The predicted molar refractivity (Wildman–Crippen MR) is 590 cm³/mol. The minimum atomic E-state index is -1.50. The van der Waals surface area contributed by atoms with E-state index in [1.165, 1.54) is 154 Å². The molecule has 8 fully saturated rings. The molecule has 22 rings (SSSR count). The van der Waals surface area contributed by atoms with Gasteiger partial charge in [0.15, 0.2) is 45.2 Å². The summed E-state index contributed by atoms with van der Waals surface area (Å²) in [7, 11) is 0. The van der Waals surface area contributed by atoms with Gasteiger partial charge < -0.3 is 104 Å². The first-order valence-corrected chi connectivity index (χ1v) is 52.9. The summed E-state index contributed by atoms with van der Waals surface area (Å²) < 4.78 is 34.5. The molecule has 38 heteroatoms. The lowest BCUT2D eigenvalue weighted by molar-refractivity contribution is -0.144. The van der Waals surface area contributed by atoms with Crippen LogP contribution in [0.2, 0.25) is 0 Å². The molecule has 0 radical (unpaired) electrons. The lowest BCUT2D eigenvalue weighted by atomic mass is 9.90. The molecule has 8 saturated heterocycles. The average molecular weight is 2070 g/mol. The van der Waals surface area contributed by atoms with Crippen molar-refractivity contribution < 1.29 is 52.4 Å². The molecule has 16 heterocycles. The second kappa shape index (κ2) is 53.4. The van der Waals surface area contributed by atoms with Gasteiger partial charge in [0.1, 0.15) is 23.0 Å². The quantitative estimate of drug-likeness (QED) is 0.0206. The van der Waals surface area contributed by atoms with Gasteiger partial charge in [0.05, 0.1) is 55.5 Å².